The Labute approximate surface area is 161 Å². The molecule has 27 heavy (non-hydrogen) atoms. The number of nitrogens with one attached hydrogen (secondary N) is 1. The number of hydrogen-bond donors (Lipinski definition) is 1. The number of likely N-dealkylation sites (tertiary alicyclic amines) is 1. The minimum atomic E-state index is -0.244. The average molecular weight is 367 g/mol. The Hall–Kier alpha value is -2.56. The molecule has 2 aromatic rings. The van der Waals surface area contributed by atoms with Crippen molar-refractivity contribution in [2.24, 2.45) is 0 Å². The van der Waals surface area contributed by atoms with E-state index in [0.29, 0.717) is 6.61 Å². The van der Waals surface area contributed by atoms with Crippen LogP contribution < -0.4 is 5.32 Å². The highest BCUT2D eigenvalue weighted by atomic mass is 16.6. The third-order valence-electron chi connectivity index (χ3n) is 4.96. The average Bonchev–Trinajstić information content (AvgIpc) is 2.73. The van der Waals surface area contributed by atoms with E-state index in [-0.39, 0.29) is 12.1 Å². The SMILES string of the molecule is CCCCNc1ncccc1[C@@H]1CCCCN1C(=O)OCc1ccccc1. The number of benzene rings is 1. The van der Waals surface area contributed by atoms with Gasteiger partial charge in [0.2, 0.25) is 0 Å². The van der Waals surface area contributed by atoms with Crippen molar-refractivity contribution in [3.8, 4) is 0 Å². The van der Waals surface area contributed by atoms with Gasteiger partial charge >= 0.3 is 6.09 Å². The molecule has 1 fully saturated rings. The number of pyridine rings is 1. The van der Waals surface area contributed by atoms with E-state index in [2.05, 4.69) is 23.3 Å². The van der Waals surface area contributed by atoms with E-state index in [0.717, 1.165) is 62.1 Å². The predicted octanol–water partition coefficient (Wildman–Crippen LogP) is 5.16. The minimum absolute atomic E-state index is 0.0137. The first-order valence-electron chi connectivity index (χ1n) is 9.95. The second-order valence-corrected chi connectivity index (χ2v) is 6.97. The second kappa shape index (κ2) is 9.95. The van der Waals surface area contributed by atoms with Gasteiger partial charge in [-0.2, -0.15) is 0 Å². The molecule has 1 saturated heterocycles. The third kappa shape index (κ3) is 5.22. The number of unbranched alkanes of at least 4 members (excludes halogenated alkanes) is 1. The molecule has 144 valence electrons. The molecule has 0 saturated carbocycles. The molecule has 3 rings (SSSR count). The molecular formula is C22H29N3O2. The third-order valence-corrected chi connectivity index (χ3v) is 4.96. The van der Waals surface area contributed by atoms with E-state index in [1.807, 2.05) is 41.3 Å². The summed E-state index contributed by atoms with van der Waals surface area (Å²) in [6, 6.07) is 13.8. The summed E-state index contributed by atoms with van der Waals surface area (Å²) in [5, 5.41) is 3.44. The molecule has 0 spiro atoms. The van der Waals surface area contributed by atoms with Gasteiger partial charge in [-0.3, -0.25) is 0 Å². The zero-order chi connectivity index (χ0) is 18.9. The summed E-state index contributed by atoms with van der Waals surface area (Å²) < 4.78 is 5.60. The van der Waals surface area contributed by atoms with E-state index in [4.69, 9.17) is 4.74 Å². The van der Waals surface area contributed by atoms with Crippen molar-refractivity contribution in [2.45, 2.75) is 51.7 Å². The zero-order valence-electron chi connectivity index (χ0n) is 16.1. The van der Waals surface area contributed by atoms with Crippen molar-refractivity contribution in [2.75, 3.05) is 18.4 Å². The number of amides is 1. The Morgan fingerprint density at radius 2 is 2.07 bits per heavy atom. The van der Waals surface area contributed by atoms with Gasteiger partial charge in [-0.05, 0) is 37.3 Å². The Bertz CT molecular complexity index is 721. The van der Waals surface area contributed by atoms with Crippen LogP contribution in [0, 0.1) is 0 Å². The maximum absolute atomic E-state index is 12.8. The van der Waals surface area contributed by atoms with Crippen molar-refractivity contribution in [3.05, 3.63) is 59.8 Å². The molecule has 1 atom stereocenters. The lowest BCUT2D eigenvalue weighted by Crippen LogP contribution is -2.39. The van der Waals surface area contributed by atoms with Gasteiger partial charge in [0, 0.05) is 24.8 Å². The summed E-state index contributed by atoms with van der Waals surface area (Å²) in [6.07, 6.45) is 6.85. The monoisotopic (exact) mass is 367 g/mol. The number of rotatable bonds is 7. The molecule has 2 heterocycles. The molecule has 1 aliphatic heterocycles. The van der Waals surface area contributed by atoms with Crippen LogP contribution in [0.5, 0.6) is 0 Å². The molecule has 1 aromatic heterocycles. The Balaban J connectivity index is 1.70. The predicted molar refractivity (Wildman–Crippen MR) is 108 cm³/mol. The van der Waals surface area contributed by atoms with Gasteiger partial charge < -0.3 is 15.0 Å². The first-order chi connectivity index (χ1) is 13.3. The van der Waals surface area contributed by atoms with Crippen LogP contribution in [0.3, 0.4) is 0 Å². The topological polar surface area (TPSA) is 54.5 Å². The summed E-state index contributed by atoms with van der Waals surface area (Å²) in [5.41, 5.74) is 2.09. The first-order valence-corrected chi connectivity index (χ1v) is 9.95. The number of piperidine rings is 1. The number of nitrogens with zero attached hydrogens (tertiary/aromatic N) is 2. The van der Waals surface area contributed by atoms with Crippen LogP contribution >= 0.6 is 0 Å². The van der Waals surface area contributed by atoms with Crippen molar-refractivity contribution in [1.29, 1.82) is 0 Å². The van der Waals surface area contributed by atoms with Gasteiger partial charge in [0.1, 0.15) is 12.4 Å². The molecule has 1 aromatic carbocycles. The Kier molecular flexibility index (Phi) is 7.08. The smallest absolute Gasteiger partial charge is 0.410 e. The molecular weight excluding hydrogens is 338 g/mol. The van der Waals surface area contributed by atoms with Crippen LogP contribution in [-0.4, -0.2) is 29.1 Å². The molecule has 0 unspecified atom stereocenters. The number of carbonyl (C=O) groups is 1. The normalized spacial score (nSPS) is 16.8. The maximum atomic E-state index is 12.8. The fourth-order valence-corrected chi connectivity index (χ4v) is 3.49. The summed E-state index contributed by atoms with van der Waals surface area (Å²) in [7, 11) is 0. The van der Waals surface area contributed by atoms with Gasteiger partial charge in [-0.25, -0.2) is 9.78 Å². The highest BCUT2D eigenvalue weighted by molar-refractivity contribution is 5.69. The van der Waals surface area contributed by atoms with E-state index >= 15 is 0 Å². The molecule has 0 bridgehead atoms. The molecule has 0 aliphatic carbocycles. The number of aromatic nitrogens is 1. The van der Waals surface area contributed by atoms with E-state index in [1.54, 1.807) is 6.20 Å². The largest absolute Gasteiger partial charge is 0.445 e. The second-order valence-electron chi connectivity index (χ2n) is 6.97. The first kappa shape index (κ1) is 19.2. The number of anilines is 1. The highest BCUT2D eigenvalue weighted by Crippen LogP contribution is 2.34. The van der Waals surface area contributed by atoms with Crippen molar-refractivity contribution < 1.29 is 9.53 Å². The molecule has 5 nitrogen and oxygen atoms in total. The fraction of sp³-hybridized carbons (Fsp3) is 0.455. The number of ether oxygens (including phenoxy) is 1. The molecule has 1 aliphatic rings. The van der Waals surface area contributed by atoms with Crippen molar-refractivity contribution in [1.82, 2.24) is 9.88 Å². The van der Waals surface area contributed by atoms with Crippen molar-refractivity contribution >= 4 is 11.9 Å². The number of hydrogen-bond acceptors (Lipinski definition) is 4. The standard InChI is InChI=1S/C22H29N3O2/c1-2-3-14-23-21-19(12-9-15-24-21)20-13-7-8-16-25(20)22(26)27-17-18-10-5-4-6-11-18/h4-6,9-12,15,20H,2-3,7-8,13-14,16-17H2,1H3,(H,23,24)/t20-/m0/s1. The highest BCUT2D eigenvalue weighted by Gasteiger charge is 2.31. The molecule has 1 amide bonds. The van der Waals surface area contributed by atoms with E-state index < -0.39 is 0 Å². The van der Waals surface area contributed by atoms with Gasteiger partial charge in [-0.15, -0.1) is 0 Å². The summed E-state index contributed by atoms with van der Waals surface area (Å²) in [6.45, 7) is 4.09. The lowest BCUT2D eigenvalue weighted by atomic mass is 9.96. The van der Waals surface area contributed by atoms with Crippen LogP contribution in [0.4, 0.5) is 10.6 Å². The van der Waals surface area contributed by atoms with Crippen LogP contribution in [0.2, 0.25) is 0 Å². The van der Waals surface area contributed by atoms with Gasteiger partial charge in [0.05, 0.1) is 6.04 Å². The summed E-state index contributed by atoms with van der Waals surface area (Å²) in [4.78, 5) is 19.2. The van der Waals surface area contributed by atoms with E-state index in [1.165, 1.54) is 0 Å². The Morgan fingerprint density at radius 1 is 1.22 bits per heavy atom. The lowest BCUT2D eigenvalue weighted by Gasteiger charge is -2.35. The Morgan fingerprint density at radius 3 is 2.89 bits per heavy atom. The zero-order valence-corrected chi connectivity index (χ0v) is 16.1. The van der Waals surface area contributed by atoms with Crippen molar-refractivity contribution in [3.63, 3.8) is 0 Å². The fourth-order valence-electron chi connectivity index (χ4n) is 3.49. The van der Waals surface area contributed by atoms with Crippen LogP contribution in [-0.2, 0) is 11.3 Å². The summed E-state index contributed by atoms with van der Waals surface area (Å²) in [5.74, 6) is 0.888. The molecule has 0 radical (unpaired) electrons. The number of carbonyl (C=O) groups excluding carboxylic acids is 1. The minimum Gasteiger partial charge on any atom is -0.445 e. The lowest BCUT2D eigenvalue weighted by molar-refractivity contribution is 0.0680. The molecule has 5 heteroatoms. The van der Waals surface area contributed by atoms with Gasteiger partial charge in [0.25, 0.3) is 0 Å². The van der Waals surface area contributed by atoms with E-state index in [9.17, 15) is 4.79 Å². The summed E-state index contributed by atoms with van der Waals surface area (Å²) >= 11 is 0. The quantitative estimate of drug-likeness (QED) is 0.687. The van der Waals surface area contributed by atoms with Crippen LogP contribution in [0.1, 0.15) is 56.2 Å². The van der Waals surface area contributed by atoms with Crippen LogP contribution in [0.15, 0.2) is 48.7 Å². The van der Waals surface area contributed by atoms with Gasteiger partial charge in [-0.1, -0.05) is 49.7 Å². The van der Waals surface area contributed by atoms with Gasteiger partial charge in [0.15, 0.2) is 0 Å². The molecule has 1 N–H and O–H groups in total. The van der Waals surface area contributed by atoms with Crippen LogP contribution in [0.25, 0.3) is 0 Å². The maximum Gasteiger partial charge on any atom is 0.410 e.